The molecular formula is C15H23IN4S2. The van der Waals surface area contributed by atoms with Crippen molar-refractivity contribution in [2.45, 2.75) is 33.2 Å². The lowest BCUT2D eigenvalue weighted by Crippen LogP contribution is -2.38. The zero-order valence-electron chi connectivity index (χ0n) is 13.3. The Balaban J connectivity index is 0.00000242. The predicted octanol–water partition coefficient (Wildman–Crippen LogP) is 3.91. The number of hydrogen-bond donors (Lipinski definition) is 2. The Labute approximate surface area is 157 Å². The molecule has 2 heterocycles. The Hall–Kier alpha value is -0.670. The maximum atomic E-state index is 4.53. The fourth-order valence-corrected chi connectivity index (χ4v) is 3.57. The topological polar surface area (TPSA) is 49.3 Å². The van der Waals surface area contributed by atoms with Crippen LogP contribution in [0.4, 0.5) is 0 Å². The summed E-state index contributed by atoms with van der Waals surface area (Å²) >= 11 is 3.47. The average Bonchev–Trinajstić information content (AvgIpc) is 3.10. The number of aryl methyl sites for hydroxylation is 2. The third kappa shape index (κ3) is 5.51. The highest BCUT2D eigenvalue weighted by Crippen LogP contribution is 2.17. The lowest BCUT2D eigenvalue weighted by molar-refractivity contribution is 0.700. The first kappa shape index (κ1) is 19.4. The van der Waals surface area contributed by atoms with Crippen LogP contribution in [-0.4, -0.2) is 24.5 Å². The Kier molecular flexibility index (Phi) is 8.34. The monoisotopic (exact) mass is 450 g/mol. The first-order valence-electron chi connectivity index (χ1n) is 6.99. The molecule has 2 N–H and O–H groups in total. The Bertz CT molecular complexity index is 573. The second-order valence-electron chi connectivity index (χ2n) is 5.01. The van der Waals surface area contributed by atoms with Gasteiger partial charge in [-0.3, -0.25) is 4.99 Å². The van der Waals surface area contributed by atoms with Crippen LogP contribution < -0.4 is 10.6 Å². The molecule has 0 saturated heterocycles. The normalized spacial score (nSPS) is 12.6. The smallest absolute Gasteiger partial charge is 0.191 e. The van der Waals surface area contributed by atoms with Crippen molar-refractivity contribution in [3.63, 3.8) is 0 Å². The molecule has 122 valence electrons. The van der Waals surface area contributed by atoms with Crippen molar-refractivity contribution in [2.75, 3.05) is 13.6 Å². The summed E-state index contributed by atoms with van der Waals surface area (Å²) in [5, 5.41) is 12.1. The van der Waals surface area contributed by atoms with E-state index >= 15 is 0 Å². The molecule has 0 aliphatic carbocycles. The van der Waals surface area contributed by atoms with Crippen molar-refractivity contribution in [3.05, 3.63) is 38.0 Å². The molecule has 1 atom stereocenters. The van der Waals surface area contributed by atoms with Crippen molar-refractivity contribution in [3.8, 4) is 0 Å². The molecule has 2 rings (SSSR count). The van der Waals surface area contributed by atoms with Crippen LogP contribution in [0.1, 0.15) is 34.0 Å². The van der Waals surface area contributed by atoms with Gasteiger partial charge in [-0.1, -0.05) is 6.92 Å². The molecule has 2 aromatic rings. The van der Waals surface area contributed by atoms with Gasteiger partial charge in [0.15, 0.2) is 5.96 Å². The lowest BCUT2D eigenvalue weighted by atomic mass is 10.1. The minimum absolute atomic E-state index is 0. The number of halogens is 1. The van der Waals surface area contributed by atoms with Crippen molar-refractivity contribution in [1.82, 2.24) is 15.6 Å². The molecule has 2 aromatic heterocycles. The summed E-state index contributed by atoms with van der Waals surface area (Å²) in [5.41, 5.74) is 2.49. The van der Waals surface area contributed by atoms with Crippen molar-refractivity contribution in [1.29, 1.82) is 0 Å². The minimum atomic E-state index is 0. The van der Waals surface area contributed by atoms with E-state index in [-0.39, 0.29) is 24.0 Å². The standard InChI is InChI=1S/C15H22N4S2.HI/c1-10(13-5-6-20-9-13)7-17-15(16-4)18-8-14-19-11(2)12(3)21-14;/h5-6,9-10H,7-8H2,1-4H3,(H2,16,17,18);1H. The van der Waals surface area contributed by atoms with Crippen LogP contribution in [0.25, 0.3) is 0 Å². The van der Waals surface area contributed by atoms with E-state index in [1.807, 2.05) is 6.92 Å². The highest BCUT2D eigenvalue weighted by Gasteiger charge is 2.08. The van der Waals surface area contributed by atoms with E-state index in [9.17, 15) is 0 Å². The first-order valence-corrected chi connectivity index (χ1v) is 8.75. The number of nitrogens with zero attached hydrogens (tertiary/aromatic N) is 2. The van der Waals surface area contributed by atoms with Gasteiger partial charge in [-0.2, -0.15) is 11.3 Å². The lowest BCUT2D eigenvalue weighted by Gasteiger charge is -2.14. The molecule has 0 bridgehead atoms. The van der Waals surface area contributed by atoms with Gasteiger partial charge >= 0.3 is 0 Å². The maximum absolute atomic E-state index is 4.53. The molecule has 0 aromatic carbocycles. The summed E-state index contributed by atoms with van der Waals surface area (Å²) in [7, 11) is 1.79. The maximum Gasteiger partial charge on any atom is 0.191 e. The van der Waals surface area contributed by atoms with Gasteiger partial charge in [-0.25, -0.2) is 4.98 Å². The summed E-state index contributed by atoms with van der Waals surface area (Å²) in [5.74, 6) is 1.29. The van der Waals surface area contributed by atoms with E-state index in [0.717, 1.165) is 23.2 Å². The van der Waals surface area contributed by atoms with Gasteiger partial charge in [-0.05, 0) is 42.2 Å². The summed E-state index contributed by atoms with van der Waals surface area (Å²) in [4.78, 5) is 10.1. The number of thiazole rings is 1. The third-order valence-corrected chi connectivity index (χ3v) is 5.17. The second kappa shape index (κ2) is 9.46. The molecule has 0 spiro atoms. The van der Waals surface area contributed by atoms with Gasteiger partial charge in [-0.15, -0.1) is 35.3 Å². The van der Waals surface area contributed by atoms with E-state index in [1.165, 1.54) is 10.4 Å². The van der Waals surface area contributed by atoms with E-state index in [1.54, 1.807) is 29.7 Å². The number of thiophene rings is 1. The minimum Gasteiger partial charge on any atom is -0.356 e. The molecule has 7 heteroatoms. The van der Waals surface area contributed by atoms with E-state index in [4.69, 9.17) is 0 Å². The highest BCUT2D eigenvalue weighted by molar-refractivity contribution is 14.0. The number of aliphatic imine (C=N–C) groups is 1. The van der Waals surface area contributed by atoms with Crippen LogP contribution in [-0.2, 0) is 6.54 Å². The third-order valence-electron chi connectivity index (χ3n) is 3.39. The number of hydrogen-bond acceptors (Lipinski definition) is 4. The first-order chi connectivity index (χ1) is 10.1. The van der Waals surface area contributed by atoms with Crippen molar-refractivity contribution in [2.24, 2.45) is 4.99 Å². The number of rotatable bonds is 5. The molecule has 1 unspecified atom stereocenters. The van der Waals surface area contributed by atoms with Crippen molar-refractivity contribution >= 4 is 52.6 Å². The van der Waals surface area contributed by atoms with Gasteiger partial charge in [0.2, 0.25) is 0 Å². The van der Waals surface area contributed by atoms with Gasteiger partial charge in [0.1, 0.15) is 5.01 Å². The molecule has 4 nitrogen and oxygen atoms in total. The van der Waals surface area contributed by atoms with Crippen LogP contribution in [0.15, 0.2) is 21.8 Å². The number of nitrogens with one attached hydrogen (secondary N) is 2. The Morgan fingerprint density at radius 3 is 2.68 bits per heavy atom. The molecular weight excluding hydrogens is 427 g/mol. The molecule has 0 aliphatic rings. The largest absolute Gasteiger partial charge is 0.356 e. The fourth-order valence-electron chi connectivity index (χ4n) is 1.92. The number of aromatic nitrogens is 1. The highest BCUT2D eigenvalue weighted by atomic mass is 127. The van der Waals surface area contributed by atoms with Gasteiger partial charge in [0.05, 0.1) is 12.2 Å². The summed E-state index contributed by atoms with van der Waals surface area (Å²) in [6.45, 7) is 7.95. The molecule has 0 radical (unpaired) electrons. The molecule has 0 fully saturated rings. The second-order valence-corrected chi connectivity index (χ2v) is 7.08. The summed E-state index contributed by atoms with van der Waals surface area (Å²) < 4.78 is 0. The quantitative estimate of drug-likeness (QED) is 0.413. The van der Waals surface area contributed by atoms with Gasteiger partial charge in [0, 0.05) is 18.5 Å². The van der Waals surface area contributed by atoms with Crippen LogP contribution in [0.3, 0.4) is 0 Å². The van der Waals surface area contributed by atoms with E-state index in [0.29, 0.717) is 12.5 Å². The number of guanidine groups is 1. The SMILES string of the molecule is CN=C(NCc1nc(C)c(C)s1)NCC(C)c1ccsc1.I. The average molecular weight is 450 g/mol. The van der Waals surface area contributed by atoms with Crippen LogP contribution >= 0.6 is 46.7 Å². The Morgan fingerprint density at radius 2 is 2.14 bits per heavy atom. The zero-order chi connectivity index (χ0) is 15.2. The molecule has 22 heavy (non-hydrogen) atoms. The zero-order valence-corrected chi connectivity index (χ0v) is 17.3. The van der Waals surface area contributed by atoms with E-state index < -0.39 is 0 Å². The Morgan fingerprint density at radius 1 is 1.36 bits per heavy atom. The van der Waals surface area contributed by atoms with Gasteiger partial charge in [0.25, 0.3) is 0 Å². The van der Waals surface area contributed by atoms with Crippen molar-refractivity contribution < 1.29 is 0 Å². The molecule has 0 aliphatic heterocycles. The fraction of sp³-hybridized carbons (Fsp3) is 0.467. The van der Waals surface area contributed by atoms with Crippen LogP contribution in [0.2, 0.25) is 0 Å². The summed E-state index contributed by atoms with van der Waals surface area (Å²) in [6, 6.07) is 2.17. The summed E-state index contributed by atoms with van der Waals surface area (Å²) in [6.07, 6.45) is 0. The van der Waals surface area contributed by atoms with Gasteiger partial charge < -0.3 is 10.6 Å². The predicted molar refractivity (Wildman–Crippen MR) is 108 cm³/mol. The molecule has 0 saturated carbocycles. The van der Waals surface area contributed by atoms with E-state index in [2.05, 4.69) is 51.3 Å². The van der Waals surface area contributed by atoms with Crippen LogP contribution in [0.5, 0.6) is 0 Å². The van der Waals surface area contributed by atoms with Crippen LogP contribution in [0, 0.1) is 13.8 Å². The molecule has 0 amide bonds.